The van der Waals surface area contributed by atoms with Gasteiger partial charge in [-0.05, 0) is 79.8 Å². The van der Waals surface area contributed by atoms with E-state index in [1.807, 2.05) is 0 Å². The Bertz CT molecular complexity index is 198. The molecule has 0 bridgehead atoms. The van der Waals surface area contributed by atoms with Crippen molar-refractivity contribution >= 4 is 0 Å². The van der Waals surface area contributed by atoms with Crippen molar-refractivity contribution < 1.29 is 0 Å². The van der Waals surface area contributed by atoms with Gasteiger partial charge in [0.2, 0.25) is 0 Å². The van der Waals surface area contributed by atoms with Crippen LogP contribution in [0.5, 0.6) is 0 Å². The van der Waals surface area contributed by atoms with Crippen LogP contribution in [0.1, 0.15) is 33.1 Å². The van der Waals surface area contributed by atoms with E-state index >= 15 is 0 Å². The van der Waals surface area contributed by atoms with E-state index in [-0.39, 0.29) is 0 Å². The fourth-order valence-corrected chi connectivity index (χ4v) is 2.65. The lowest BCUT2D eigenvalue weighted by Gasteiger charge is -2.34. The van der Waals surface area contributed by atoms with Crippen molar-refractivity contribution in [3.05, 3.63) is 0 Å². The Labute approximate surface area is 108 Å². The molecule has 1 heterocycles. The van der Waals surface area contributed by atoms with E-state index in [0.29, 0.717) is 12.1 Å². The summed E-state index contributed by atoms with van der Waals surface area (Å²) in [6.07, 6.45) is 3.94. The number of rotatable bonds is 6. The molecular formula is C14H31N3. The molecule has 1 fully saturated rings. The van der Waals surface area contributed by atoms with E-state index in [0.717, 1.165) is 5.92 Å². The maximum atomic E-state index is 3.77. The molecule has 2 unspecified atom stereocenters. The largest absolute Gasteiger partial charge is 0.311 e. The van der Waals surface area contributed by atoms with Crippen molar-refractivity contribution in [2.45, 2.75) is 45.2 Å². The molecule has 0 saturated carbocycles. The Morgan fingerprint density at radius 2 is 1.82 bits per heavy atom. The lowest BCUT2D eigenvalue weighted by atomic mass is 9.90. The second-order valence-corrected chi connectivity index (χ2v) is 6.09. The highest BCUT2D eigenvalue weighted by molar-refractivity contribution is 4.80. The third kappa shape index (κ3) is 5.84. The van der Waals surface area contributed by atoms with E-state index in [2.05, 4.69) is 50.1 Å². The number of nitrogens with zero attached hydrogens (tertiary/aromatic N) is 2. The zero-order chi connectivity index (χ0) is 12.8. The Morgan fingerprint density at radius 1 is 1.24 bits per heavy atom. The van der Waals surface area contributed by atoms with Crippen LogP contribution in [0.15, 0.2) is 0 Å². The van der Waals surface area contributed by atoms with Gasteiger partial charge in [-0.1, -0.05) is 0 Å². The predicted octanol–water partition coefficient (Wildman–Crippen LogP) is 1.65. The minimum absolute atomic E-state index is 0.632. The monoisotopic (exact) mass is 241 g/mol. The van der Waals surface area contributed by atoms with Crippen molar-refractivity contribution in [1.82, 2.24) is 15.1 Å². The first-order valence-corrected chi connectivity index (χ1v) is 7.08. The summed E-state index contributed by atoms with van der Waals surface area (Å²) in [5.41, 5.74) is 0. The van der Waals surface area contributed by atoms with Gasteiger partial charge in [-0.2, -0.15) is 0 Å². The van der Waals surface area contributed by atoms with Crippen molar-refractivity contribution in [2.75, 3.05) is 40.8 Å². The average molecular weight is 241 g/mol. The van der Waals surface area contributed by atoms with Crippen molar-refractivity contribution in [1.29, 1.82) is 0 Å². The van der Waals surface area contributed by atoms with E-state index in [9.17, 15) is 0 Å². The van der Waals surface area contributed by atoms with Gasteiger partial charge in [-0.25, -0.2) is 0 Å². The standard InChI is InChI=1S/C14H31N3/c1-12(6-9-16(3)4)15-13(2)14-7-10-17(5)11-8-14/h12-15H,6-11H2,1-5H3. The lowest BCUT2D eigenvalue weighted by molar-refractivity contribution is 0.183. The van der Waals surface area contributed by atoms with Crippen LogP contribution in [0.25, 0.3) is 0 Å². The molecule has 3 heteroatoms. The smallest absolute Gasteiger partial charge is 0.00704 e. The average Bonchev–Trinajstić information content (AvgIpc) is 2.27. The second kappa shape index (κ2) is 7.34. The molecule has 0 radical (unpaired) electrons. The zero-order valence-electron chi connectivity index (χ0n) is 12.4. The molecule has 3 nitrogen and oxygen atoms in total. The molecule has 102 valence electrons. The molecule has 1 N–H and O–H groups in total. The van der Waals surface area contributed by atoms with Gasteiger partial charge in [0.15, 0.2) is 0 Å². The zero-order valence-corrected chi connectivity index (χ0v) is 12.4. The Balaban J connectivity index is 2.21. The van der Waals surface area contributed by atoms with Gasteiger partial charge in [0.05, 0.1) is 0 Å². The van der Waals surface area contributed by atoms with Crippen LogP contribution in [0.2, 0.25) is 0 Å². The highest BCUT2D eigenvalue weighted by Gasteiger charge is 2.22. The quantitative estimate of drug-likeness (QED) is 0.763. The number of hydrogen-bond donors (Lipinski definition) is 1. The molecule has 0 aromatic heterocycles. The molecule has 0 aromatic rings. The number of piperidine rings is 1. The lowest BCUT2D eigenvalue weighted by Crippen LogP contribution is -2.44. The number of hydrogen-bond acceptors (Lipinski definition) is 3. The number of likely N-dealkylation sites (tertiary alicyclic amines) is 1. The van der Waals surface area contributed by atoms with Crippen molar-refractivity contribution in [3.63, 3.8) is 0 Å². The summed E-state index contributed by atoms with van der Waals surface area (Å²) in [5.74, 6) is 0.869. The van der Waals surface area contributed by atoms with Crippen LogP contribution in [0.4, 0.5) is 0 Å². The molecular weight excluding hydrogens is 210 g/mol. The molecule has 1 rings (SSSR count). The van der Waals surface area contributed by atoms with E-state index in [1.165, 1.54) is 38.9 Å². The van der Waals surface area contributed by atoms with Crippen LogP contribution in [-0.2, 0) is 0 Å². The van der Waals surface area contributed by atoms with Gasteiger partial charge in [-0.3, -0.25) is 0 Å². The maximum Gasteiger partial charge on any atom is 0.00704 e. The van der Waals surface area contributed by atoms with Crippen LogP contribution < -0.4 is 5.32 Å². The summed E-state index contributed by atoms with van der Waals surface area (Å²) in [6, 6.07) is 1.30. The van der Waals surface area contributed by atoms with Crippen molar-refractivity contribution in [2.24, 2.45) is 5.92 Å². The summed E-state index contributed by atoms with van der Waals surface area (Å²) in [7, 11) is 6.52. The summed E-state index contributed by atoms with van der Waals surface area (Å²) in [6.45, 7) is 8.39. The van der Waals surface area contributed by atoms with Crippen LogP contribution in [-0.4, -0.2) is 62.7 Å². The predicted molar refractivity (Wildman–Crippen MR) is 75.5 cm³/mol. The Kier molecular flexibility index (Phi) is 6.45. The van der Waals surface area contributed by atoms with Gasteiger partial charge in [0.25, 0.3) is 0 Å². The first-order chi connectivity index (χ1) is 7.99. The molecule has 0 aliphatic carbocycles. The molecule has 0 amide bonds. The second-order valence-electron chi connectivity index (χ2n) is 6.09. The van der Waals surface area contributed by atoms with Crippen LogP contribution in [0, 0.1) is 5.92 Å². The minimum Gasteiger partial charge on any atom is -0.311 e. The topological polar surface area (TPSA) is 18.5 Å². The Morgan fingerprint density at radius 3 is 2.35 bits per heavy atom. The van der Waals surface area contributed by atoms with Crippen LogP contribution in [0.3, 0.4) is 0 Å². The summed E-state index contributed by atoms with van der Waals surface area (Å²) in [4.78, 5) is 4.71. The molecule has 1 aliphatic heterocycles. The Hall–Kier alpha value is -0.120. The maximum absolute atomic E-state index is 3.77. The molecule has 1 aliphatic rings. The molecule has 0 spiro atoms. The first-order valence-electron chi connectivity index (χ1n) is 7.08. The third-order valence-corrected chi connectivity index (χ3v) is 4.03. The van der Waals surface area contributed by atoms with Gasteiger partial charge in [0, 0.05) is 12.1 Å². The molecule has 17 heavy (non-hydrogen) atoms. The first kappa shape index (κ1) is 14.9. The normalized spacial score (nSPS) is 22.9. The van der Waals surface area contributed by atoms with Gasteiger partial charge >= 0.3 is 0 Å². The van der Waals surface area contributed by atoms with E-state index < -0.39 is 0 Å². The van der Waals surface area contributed by atoms with Crippen molar-refractivity contribution in [3.8, 4) is 0 Å². The van der Waals surface area contributed by atoms with E-state index in [1.54, 1.807) is 0 Å². The number of nitrogens with one attached hydrogen (secondary N) is 1. The molecule has 2 atom stereocenters. The third-order valence-electron chi connectivity index (χ3n) is 4.03. The van der Waals surface area contributed by atoms with Gasteiger partial charge in [0.1, 0.15) is 0 Å². The van der Waals surface area contributed by atoms with Gasteiger partial charge < -0.3 is 15.1 Å². The summed E-state index contributed by atoms with van der Waals surface area (Å²) in [5, 5.41) is 3.77. The summed E-state index contributed by atoms with van der Waals surface area (Å²) >= 11 is 0. The highest BCUT2D eigenvalue weighted by atomic mass is 15.1. The van der Waals surface area contributed by atoms with E-state index in [4.69, 9.17) is 0 Å². The van der Waals surface area contributed by atoms with Crippen LogP contribution >= 0.6 is 0 Å². The van der Waals surface area contributed by atoms with Gasteiger partial charge in [-0.15, -0.1) is 0 Å². The molecule has 0 aromatic carbocycles. The highest BCUT2D eigenvalue weighted by Crippen LogP contribution is 2.20. The fraction of sp³-hybridized carbons (Fsp3) is 1.00. The molecule has 1 saturated heterocycles. The SMILES string of the molecule is CC(CCN(C)C)NC(C)C1CCN(C)CC1. The fourth-order valence-electron chi connectivity index (χ4n) is 2.65. The summed E-state index contributed by atoms with van der Waals surface area (Å²) < 4.78 is 0. The minimum atomic E-state index is 0.632.